The van der Waals surface area contributed by atoms with E-state index >= 15 is 0 Å². The van der Waals surface area contributed by atoms with Crippen molar-refractivity contribution in [3.05, 3.63) is 75.5 Å². The number of hydrogen-bond donors (Lipinski definition) is 1. The van der Waals surface area contributed by atoms with Crippen molar-refractivity contribution in [1.29, 1.82) is 0 Å². The maximum Gasteiger partial charge on any atom is 0.0701 e. The largest absolute Gasteiger partial charge is 0.378 e. The topological polar surface area (TPSA) is 65.5 Å². The first-order valence-corrected chi connectivity index (χ1v) is 12.0. The molecule has 6 nitrogen and oxygen atoms in total. The van der Waals surface area contributed by atoms with Crippen molar-refractivity contribution in [3.63, 3.8) is 0 Å². The number of aromatic nitrogens is 2. The molecule has 176 valence electrons. The van der Waals surface area contributed by atoms with E-state index in [1.165, 1.54) is 11.1 Å². The molecule has 2 aromatic carbocycles. The lowest BCUT2D eigenvalue weighted by atomic mass is 9.84. The molecule has 0 spiro atoms. The average molecular weight is 489 g/mol. The van der Waals surface area contributed by atoms with Crippen LogP contribution in [0.5, 0.6) is 0 Å². The van der Waals surface area contributed by atoms with Gasteiger partial charge in [0.2, 0.25) is 0 Å². The third-order valence-corrected chi connectivity index (χ3v) is 6.40. The van der Waals surface area contributed by atoms with E-state index in [1.807, 2.05) is 16.9 Å². The maximum absolute atomic E-state index is 6.53. The van der Waals surface area contributed by atoms with Crippen LogP contribution in [-0.4, -0.2) is 61.2 Å². The fourth-order valence-electron chi connectivity index (χ4n) is 4.26. The Balaban J connectivity index is 1.45. The Morgan fingerprint density at radius 1 is 1.06 bits per heavy atom. The molecular formula is C25H30Cl2N4O2. The van der Waals surface area contributed by atoms with Gasteiger partial charge in [-0.3, -0.25) is 4.68 Å². The third-order valence-electron chi connectivity index (χ3n) is 5.85. The number of halogens is 2. The fourth-order valence-corrected chi connectivity index (χ4v) is 4.83. The van der Waals surface area contributed by atoms with Crippen LogP contribution in [0.2, 0.25) is 10.0 Å². The number of fused-ring (bicyclic) bond motifs is 1. The van der Waals surface area contributed by atoms with Gasteiger partial charge in [-0.05, 0) is 41.4 Å². The number of nitrogens with zero attached hydrogens (tertiary/aromatic N) is 3. The van der Waals surface area contributed by atoms with Crippen LogP contribution in [0.4, 0.5) is 0 Å². The van der Waals surface area contributed by atoms with E-state index in [9.17, 15) is 0 Å². The van der Waals surface area contributed by atoms with Gasteiger partial charge in [-0.1, -0.05) is 47.5 Å². The number of rotatable bonds is 10. The summed E-state index contributed by atoms with van der Waals surface area (Å²) in [5, 5.41) is 5.91. The number of hydrogen-bond acceptors (Lipinski definition) is 5. The van der Waals surface area contributed by atoms with Gasteiger partial charge in [0.1, 0.15) is 0 Å². The van der Waals surface area contributed by atoms with Gasteiger partial charge >= 0.3 is 0 Å². The summed E-state index contributed by atoms with van der Waals surface area (Å²) in [6, 6.07) is 12.5. The average Bonchev–Trinajstić information content (AvgIpc) is 3.28. The van der Waals surface area contributed by atoms with Gasteiger partial charge in [0.25, 0.3) is 0 Å². The fraction of sp³-hybridized carbons (Fsp3) is 0.400. The summed E-state index contributed by atoms with van der Waals surface area (Å²) in [5.74, 6) is 0.208. The monoisotopic (exact) mass is 488 g/mol. The minimum absolute atomic E-state index is 0.208. The molecule has 3 aromatic rings. The van der Waals surface area contributed by atoms with Crippen LogP contribution in [0.3, 0.4) is 0 Å². The molecule has 8 heteroatoms. The molecule has 0 saturated heterocycles. The Morgan fingerprint density at radius 2 is 1.88 bits per heavy atom. The van der Waals surface area contributed by atoms with E-state index < -0.39 is 0 Å². The van der Waals surface area contributed by atoms with Crippen LogP contribution in [-0.2, 0) is 22.6 Å². The second kappa shape index (κ2) is 11.5. The van der Waals surface area contributed by atoms with Crippen LogP contribution < -0.4 is 5.73 Å². The van der Waals surface area contributed by atoms with Crippen molar-refractivity contribution in [2.45, 2.75) is 19.0 Å². The summed E-state index contributed by atoms with van der Waals surface area (Å²) in [5.41, 5.74) is 11.2. The van der Waals surface area contributed by atoms with Gasteiger partial charge in [-0.15, -0.1) is 0 Å². The SMILES string of the molecule is CN1Cc2c(Cl)cc(Cl)cc2[C@H](c2cccc(-c3cnn(CCOCCOCCN)c3)c2)C1. The Kier molecular flexibility index (Phi) is 8.41. The molecule has 2 heterocycles. The quantitative estimate of drug-likeness (QED) is 0.427. The predicted molar refractivity (Wildman–Crippen MR) is 133 cm³/mol. The molecular weight excluding hydrogens is 459 g/mol. The van der Waals surface area contributed by atoms with Crippen molar-refractivity contribution in [2.75, 3.05) is 46.6 Å². The molecule has 1 aromatic heterocycles. The first-order chi connectivity index (χ1) is 16.0. The Morgan fingerprint density at radius 3 is 2.70 bits per heavy atom. The Hall–Kier alpha value is -1.93. The van der Waals surface area contributed by atoms with Crippen molar-refractivity contribution in [3.8, 4) is 11.1 Å². The second-order valence-corrected chi connectivity index (χ2v) is 9.18. The summed E-state index contributed by atoms with van der Waals surface area (Å²) in [4.78, 5) is 2.30. The van der Waals surface area contributed by atoms with Gasteiger partial charge in [0.05, 0.1) is 39.2 Å². The van der Waals surface area contributed by atoms with Gasteiger partial charge in [0, 0.05) is 47.4 Å². The number of ether oxygens (including phenoxy) is 2. The normalized spacial score (nSPS) is 16.2. The van der Waals surface area contributed by atoms with Crippen LogP contribution in [0.25, 0.3) is 11.1 Å². The number of likely N-dealkylation sites (N-methyl/N-ethyl adjacent to an activating group) is 1. The van der Waals surface area contributed by atoms with Crippen molar-refractivity contribution in [2.24, 2.45) is 5.73 Å². The molecule has 0 aliphatic carbocycles. The molecule has 33 heavy (non-hydrogen) atoms. The summed E-state index contributed by atoms with van der Waals surface area (Å²) in [6.45, 7) is 5.23. The molecule has 0 saturated carbocycles. The van der Waals surface area contributed by atoms with Gasteiger partial charge in [-0.25, -0.2) is 0 Å². The Bertz CT molecular complexity index is 1070. The van der Waals surface area contributed by atoms with E-state index in [1.54, 1.807) is 0 Å². The smallest absolute Gasteiger partial charge is 0.0701 e. The van der Waals surface area contributed by atoms with Gasteiger partial charge in [-0.2, -0.15) is 5.10 Å². The second-order valence-electron chi connectivity index (χ2n) is 8.34. The molecule has 2 N–H and O–H groups in total. The minimum Gasteiger partial charge on any atom is -0.378 e. The van der Waals surface area contributed by atoms with Crippen molar-refractivity contribution in [1.82, 2.24) is 14.7 Å². The predicted octanol–water partition coefficient (Wildman–Crippen LogP) is 4.43. The first kappa shape index (κ1) is 24.2. The molecule has 1 aliphatic rings. The minimum atomic E-state index is 0.208. The Labute approximate surface area is 205 Å². The molecule has 1 atom stereocenters. The summed E-state index contributed by atoms with van der Waals surface area (Å²) in [6.07, 6.45) is 3.96. The van der Waals surface area contributed by atoms with Crippen LogP contribution in [0.1, 0.15) is 22.6 Å². The summed E-state index contributed by atoms with van der Waals surface area (Å²) in [7, 11) is 2.13. The summed E-state index contributed by atoms with van der Waals surface area (Å²) < 4.78 is 12.8. The molecule has 0 fully saturated rings. The van der Waals surface area contributed by atoms with E-state index in [0.29, 0.717) is 44.5 Å². The van der Waals surface area contributed by atoms with Gasteiger partial charge in [0.15, 0.2) is 0 Å². The molecule has 0 unspecified atom stereocenters. The van der Waals surface area contributed by atoms with E-state index in [4.69, 9.17) is 38.4 Å². The lowest BCUT2D eigenvalue weighted by Crippen LogP contribution is -2.31. The highest BCUT2D eigenvalue weighted by molar-refractivity contribution is 6.35. The molecule has 0 radical (unpaired) electrons. The summed E-state index contributed by atoms with van der Waals surface area (Å²) >= 11 is 12.9. The lowest BCUT2D eigenvalue weighted by Gasteiger charge is -2.33. The van der Waals surface area contributed by atoms with Crippen LogP contribution in [0, 0.1) is 0 Å². The highest BCUT2D eigenvalue weighted by Gasteiger charge is 2.27. The van der Waals surface area contributed by atoms with Crippen molar-refractivity contribution >= 4 is 23.2 Å². The standard InChI is InChI=1S/C25H30Cl2N4O2/c1-30-16-23(22-12-21(26)13-25(27)24(22)17-30)19-4-2-3-18(11-19)20-14-29-31(15-20)6-8-33-10-9-32-7-5-28/h2-4,11-15,23H,5-10,16-17,28H2,1H3/t23-/m0/s1. The molecule has 1 aliphatic heterocycles. The molecule has 0 bridgehead atoms. The van der Waals surface area contributed by atoms with E-state index in [0.717, 1.165) is 34.8 Å². The highest BCUT2D eigenvalue weighted by Crippen LogP contribution is 2.39. The van der Waals surface area contributed by atoms with Gasteiger partial charge < -0.3 is 20.1 Å². The highest BCUT2D eigenvalue weighted by atomic mass is 35.5. The maximum atomic E-state index is 6.53. The van der Waals surface area contributed by atoms with Crippen molar-refractivity contribution < 1.29 is 9.47 Å². The number of benzene rings is 2. The zero-order chi connectivity index (χ0) is 23.2. The first-order valence-electron chi connectivity index (χ1n) is 11.2. The van der Waals surface area contributed by atoms with E-state index in [-0.39, 0.29) is 5.92 Å². The van der Waals surface area contributed by atoms with Crippen LogP contribution in [0.15, 0.2) is 48.8 Å². The zero-order valence-corrected chi connectivity index (χ0v) is 20.4. The van der Waals surface area contributed by atoms with E-state index in [2.05, 4.69) is 53.6 Å². The molecule has 0 amide bonds. The number of nitrogens with two attached hydrogens (primary N) is 1. The lowest BCUT2D eigenvalue weighted by molar-refractivity contribution is 0.0468. The van der Waals surface area contributed by atoms with Crippen LogP contribution >= 0.6 is 23.2 Å². The zero-order valence-electron chi connectivity index (χ0n) is 18.8. The molecule has 4 rings (SSSR count). The third kappa shape index (κ3) is 6.15.